The van der Waals surface area contributed by atoms with Gasteiger partial charge in [0, 0.05) is 26.9 Å². The van der Waals surface area contributed by atoms with Crippen molar-refractivity contribution in [1.82, 2.24) is 0 Å². The van der Waals surface area contributed by atoms with E-state index in [-0.39, 0.29) is 0 Å². The molecule has 0 aliphatic heterocycles. The Hall–Kier alpha value is 0.0969. The molecule has 1 aliphatic carbocycles. The van der Waals surface area contributed by atoms with Gasteiger partial charge in [-0.05, 0) is 18.8 Å². The lowest BCUT2D eigenvalue weighted by Gasteiger charge is -2.43. The zero-order valence-corrected chi connectivity index (χ0v) is 10.0. The molecule has 0 N–H and O–H groups in total. The molecular formula is C9H20O3Si. The highest BCUT2D eigenvalue weighted by Gasteiger charge is 2.54. The van der Waals surface area contributed by atoms with Crippen LogP contribution in [-0.4, -0.2) is 30.1 Å². The molecule has 0 radical (unpaired) electrons. The Morgan fingerprint density at radius 1 is 1.08 bits per heavy atom. The molecule has 78 valence electrons. The van der Waals surface area contributed by atoms with Crippen LogP contribution >= 0.6 is 0 Å². The Labute approximate surface area is 81.7 Å². The van der Waals surface area contributed by atoms with Crippen molar-refractivity contribution in [1.29, 1.82) is 0 Å². The molecule has 0 saturated heterocycles. The van der Waals surface area contributed by atoms with Gasteiger partial charge in [-0.2, -0.15) is 0 Å². The largest absolute Gasteiger partial charge is 0.503 e. The van der Waals surface area contributed by atoms with Crippen LogP contribution in [0.15, 0.2) is 0 Å². The molecule has 0 heterocycles. The van der Waals surface area contributed by atoms with Crippen LogP contribution in [0.5, 0.6) is 0 Å². The van der Waals surface area contributed by atoms with E-state index in [1.165, 1.54) is 19.3 Å². The SMILES string of the molecule is CCC1CCC1[Si](OC)(OC)OC. The molecule has 1 fully saturated rings. The van der Waals surface area contributed by atoms with Gasteiger partial charge in [0.2, 0.25) is 0 Å². The zero-order chi connectivity index (χ0) is 9.90. The fourth-order valence-corrected chi connectivity index (χ4v) is 5.14. The minimum absolute atomic E-state index is 0.525. The molecule has 2 atom stereocenters. The summed E-state index contributed by atoms with van der Waals surface area (Å²) in [6, 6.07) is 0. The van der Waals surface area contributed by atoms with E-state index in [9.17, 15) is 0 Å². The smallest absolute Gasteiger partial charge is 0.377 e. The summed E-state index contributed by atoms with van der Waals surface area (Å²) < 4.78 is 16.4. The molecule has 0 aromatic rings. The van der Waals surface area contributed by atoms with E-state index < -0.39 is 8.80 Å². The van der Waals surface area contributed by atoms with Crippen LogP contribution in [0.3, 0.4) is 0 Å². The van der Waals surface area contributed by atoms with Crippen molar-refractivity contribution in [2.75, 3.05) is 21.3 Å². The van der Waals surface area contributed by atoms with Crippen LogP contribution in [0.4, 0.5) is 0 Å². The van der Waals surface area contributed by atoms with Gasteiger partial charge in [-0.3, -0.25) is 0 Å². The van der Waals surface area contributed by atoms with Gasteiger partial charge in [0.05, 0.1) is 0 Å². The second kappa shape index (κ2) is 4.55. The molecule has 4 heteroatoms. The molecule has 0 amide bonds. The fraction of sp³-hybridized carbons (Fsp3) is 1.00. The van der Waals surface area contributed by atoms with Gasteiger partial charge in [0.1, 0.15) is 0 Å². The second-order valence-corrected chi connectivity index (χ2v) is 6.74. The van der Waals surface area contributed by atoms with Crippen LogP contribution in [0, 0.1) is 5.92 Å². The lowest BCUT2D eigenvalue weighted by Crippen LogP contribution is -2.53. The average Bonchev–Trinajstić information content (AvgIpc) is 2.13. The van der Waals surface area contributed by atoms with E-state index in [4.69, 9.17) is 13.3 Å². The van der Waals surface area contributed by atoms with E-state index in [1.54, 1.807) is 21.3 Å². The summed E-state index contributed by atoms with van der Waals surface area (Å²) in [6.07, 6.45) is 3.70. The Kier molecular flexibility index (Phi) is 3.91. The Bertz CT molecular complexity index is 149. The van der Waals surface area contributed by atoms with Crippen LogP contribution in [0.25, 0.3) is 0 Å². The van der Waals surface area contributed by atoms with Crippen LogP contribution in [0.1, 0.15) is 26.2 Å². The molecule has 0 aromatic carbocycles. The summed E-state index contributed by atoms with van der Waals surface area (Å²) >= 11 is 0. The van der Waals surface area contributed by atoms with Gasteiger partial charge in [-0.1, -0.05) is 13.3 Å². The molecular weight excluding hydrogens is 184 g/mol. The summed E-state index contributed by atoms with van der Waals surface area (Å²) in [5.74, 6) is 0.742. The summed E-state index contributed by atoms with van der Waals surface area (Å²) in [5.41, 5.74) is 0.525. The van der Waals surface area contributed by atoms with E-state index in [0.29, 0.717) is 5.54 Å². The van der Waals surface area contributed by atoms with Gasteiger partial charge >= 0.3 is 8.80 Å². The first-order valence-electron chi connectivity index (χ1n) is 4.89. The van der Waals surface area contributed by atoms with Gasteiger partial charge in [-0.15, -0.1) is 0 Å². The molecule has 3 nitrogen and oxygen atoms in total. The summed E-state index contributed by atoms with van der Waals surface area (Å²) in [5, 5.41) is 0. The minimum Gasteiger partial charge on any atom is -0.377 e. The second-order valence-electron chi connectivity index (χ2n) is 3.57. The molecule has 0 aromatic heterocycles. The monoisotopic (exact) mass is 204 g/mol. The third-order valence-electron chi connectivity index (χ3n) is 3.25. The van der Waals surface area contributed by atoms with E-state index in [0.717, 1.165) is 5.92 Å². The van der Waals surface area contributed by atoms with Crippen molar-refractivity contribution in [2.45, 2.75) is 31.7 Å². The molecule has 1 aliphatic rings. The summed E-state index contributed by atoms with van der Waals surface area (Å²) in [7, 11) is 2.78. The molecule has 1 saturated carbocycles. The molecule has 2 unspecified atom stereocenters. The zero-order valence-electron chi connectivity index (χ0n) is 9.00. The van der Waals surface area contributed by atoms with Crippen LogP contribution < -0.4 is 0 Å². The molecule has 1 rings (SSSR count). The van der Waals surface area contributed by atoms with E-state index in [2.05, 4.69) is 6.92 Å². The average molecular weight is 204 g/mol. The third-order valence-corrected chi connectivity index (χ3v) is 6.62. The Morgan fingerprint density at radius 2 is 1.62 bits per heavy atom. The Balaban J connectivity index is 2.64. The van der Waals surface area contributed by atoms with E-state index in [1.807, 2.05) is 0 Å². The van der Waals surface area contributed by atoms with Crippen LogP contribution in [-0.2, 0) is 13.3 Å². The molecule has 0 spiro atoms. The lowest BCUT2D eigenvalue weighted by molar-refractivity contribution is 0.0782. The van der Waals surface area contributed by atoms with Crippen molar-refractivity contribution in [2.24, 2.45) is 5.92 Å². The highest BCUT2D eigenvalue weighted by Crippen LogP contribution is 2.48. The number of hydrogen-bond donors (Lipinski definition) is 0. The fourth-order valence-electron chi connectivity index (χ4n) is 2.23. The first-order chi connectivity index (χ1) is 6.24. The highest BCUT2D eigenvalue weighted by atomic mass is 28.4. The summed E-state index contributed by atoms with van der Waals surface area (Å²) in [6.45, 7) is 2.22. The first kappa shape index (κ1) is 11.2. The van der Waals surface area contributed by atoms with Gasteiger partial charge < -0.3 is 13.3 Å². The number of rotatable bonds is 5. The number of hydrogen-bond acceptors (Lipinski definition) is 3. The predicted octanol–water partition coefficient (Wildman–Crippen LogP) is 2.05. The highest BCUT2D eigenvalue weighted by molar-refractivity contribution is 6.62. The normalized spacial score (nSPS) is 28.6. The van der Waals surface area contributed by atoms with Gasteiger partial charge in [-0.25, -0.2) is 0 Å². The van der Waals surface area contributed by atoms with Crippen molar-refractivity contribution < 1.29 is 13.3 Å². The molecule has 0 bridgehead atoms. The van der Waals surface area contributed by atoms with Gasteiger partial charge in [0.15, 0.2) is 0 Å². The van der Waals surface area contributed by atoms with Crippen molar-refractivity contribution in [3.63, 3.8) is 0 Å². The van der Waals surface area contributed by atoms with E-state index >= 15 is 0 Å². The lowest BCUT2D eigenvalue weighted by atomic mass is 9.83. The topological polar surface area (TPSA) is 27.7 Å². The predicted molar refractivity (Wildman–Crippen MR) is 53.5 cm³/mol. The summed E-state index contributed by atoms with van der Waals surface area (Å²) in [4.78, 5) is 0. The Morgan fingerprint density at radius 3 is 1.85 bits per heavy atom. The minimum atomic E-state index is -2.32. The standard InChI is InChI=1S/C9H20O3Si/c1-5-8-6-7-9(8)13(10-2,11-3)12-4/h8-9H,5-7H2,1-4H3. The van der Waals surface area contributed by atoms with Crippen LogP contribution in [0.2, 0.25) is 5.54 Å². The van der Waals surface area contributed by atoms with Crippen molar-refractivity contribution in [3.05, 3.63) is 0 Å². The third kappa shape index (κ3) is 1.81. The maximum Gasteiger partial charge on any atom is 0.503 e. The van der Waals surface area contributed by atoms with Gasteiger partial charge in [0.25, 0.3) is 0 Å². The molecule has 13 heavy (non-hydrogen) atoms. The quantitative estimate of drug-likeness (QED) is 0.642. The maximum absolute atomic E-state index is 5.47. The van der Waals surface area contributed by atoms with Crippen molar-refractivity contribution in [3.8, 4) is 0 Å². The first-order valence-corrected chi connectivity index (χ1v) is 6.69. The van der Waals surface area contributed by atoms with Crippen molar-refractivity contribution >= 4 is 8.80 Å². The maximum atomic E-state index is 5.47.